The van der Waals surface area contributed by atoms with Gasteiger partial charge in [0.15, 0.2) is 0 Å². The molecule has 1 aromatic rings. The molecule has 0 atom stereocenters. The van der Waals surface area contributed by atoms with Crippen LogP contribution in [0.2, 0.25) is 5.02 Å². The number of nitrogens with two attached hydrogens (primary N) is 1. The Morgan fingerprint density at radius 1 is 1.28 bits per heavy atom. The van der Waals surface area contributed by atoms with Gasteiger partial charge in [0.2, 0.25) is 5.88 Å². The molecule has 0 amide bonds. The lowest BCUT2D eigenvalue weighted by Gasteiger charge is -2.26. The number of hydrogen-bond donors (Lipinski definition) is 1. The molecular formula is C13H20ClN3O. The fourth-order valence-electron chi connectivity index (χ4n) is 2.15. The Labute approximate surface area is 113 Å². The average Bonchev–Trinajstić information content (AvgIpc) is 2.42. The zero-order valence-corrected chi connectivity index (χ0v) is 11.3. The summed E-state index contributed by atoms with van der Waals surface area (Å²) in [6.07, 6.45) is 3.96. The van der Waals surface area contributed by atoms with Gasteiger partial charge in [-0.1, -0.05) is 18.0 Å². The third kappa shape index (κ3) is 3.83. The van der Waals surface area contributed by atoms with Gasteiger partial charge in [-0.05, 0) is 32.0 Å². The highest BCUT2D eigenvalue weighted by Gasteiger charge is 2.10. The van der Waals surface area contributed by atoms with E-state index in [0.29, 0.717) is 29.7 Å². The number of ether oxygens (including phenoxy) is 1. The van der Waals surface area contributed by atoms with Crippen molar-refractivity contribution in [3.63, 3.8) is 0 Å². The van der Waals surface area contributed by atoms with E-state index in [9.17, 15) is 0 Å². The molecule has 1 aliphatic rings. The van der Waals surface area contributed by atoms with Gasteiger partial charge in [-0.3, -0.25) is 4.90 Å². The standard InChI is InChI=1S/C13H20ClN3O/c14-11-4-5-13(16-12(11)10-15)18-9-8-17-6-2-1-3-7-17/h4-5H,1-3,6-10,15H2. The van der Waals surface area contributed by atoms with Crippen molar-refractivity contribution in [1.29, 1.82) is 0 Å². The highest BCUT2D eigenvalue weighted by molar-refractivity contribution is 6.31. The van der Waals surface area contributed by atoms with E-state index in [1.54, 1.807) is 12.1 Å². The SMILES string of the molecule is NCc1nc(OCCN2CCCCC2)ccc1Cl. The van der Waals surface area contributed by atoms with Crippen molar-refractivity contribution in [2.45, 2.75) is 25.8 Å². The van der Waals surface area contributed by atoms with E-state index in [4.69, 9.17) is 22.1 Å². The predicted octanol–water partition coefficient (Wildman–Crippen LogP) is 2.06. The highest BCUT2D eigenvalue weighted by atomic mass is 35.5. The van der Waals surface area contributed by atoms with Gasteiger partial charge in [0.25, 0.3) is 0 Å². The average molecular weight is 270 g/mol. The maximum Gasteiger partial charge on any atom is 0.213 e. The Kier molecular flexibility index (Phi) is 5.23. The number of likely N-dealkylation sites (tertiary alicyclic amines) is 1. The first-order valence-electron chi connectivity index (χ1n) is 6.50. The minimum Gasteiger partial charge on any atom is -0.476 e. The molecule has 0 unspecified atom stereocenters. The van der Waals surface area contributed by atoms with Crippen molar-refractivity contribution in [2.24, 2.45) is 5.73 Å². The third-order valence-electron chi connectivity index (χ3n) is 3.19. The van der Waals surface area contributed by atoms with Gasteiger partial charge in [0.05, 0.1) is 10.7 Å². The second-order valence-corrected chi connectivity index (χ2v) is 4.94. The van der Waals surface area contributed by atoms with Crippen LogP contribution in [-0.2, 0) is 6.54 Å². The first-order chi connectivity index (χ1) is 8.79. The summed E-state index contributed by atoms with van der Waals surface area (Å²) in [4.78, 5) is 6.71. The summed E-state index contributed by atoms with van der Waals surface area (Å²) in [5, 5.41) is 0.598. The van der Waals surface area contributed by atoms with E-state index in [0.717, 1.165) is 6.54 Å². The molecule has 1 fully saturated rings. The first-order valence-corrected chi connectivity index (χ1v) is 6.88. The molecule has 0 aliphatic carbocycles. The van der Waals surface area contributed by atoms with Crippen molar-refractivity contribution < 1.29 is 4.74 Å². The third-order valence-corrected chi connectivity index (χ3v) is 3.54. The summed E-state index contributed by atoms with van der Waals surface area (Å²) in [7, 11) is 0. The van der Waals surface area contributed by atoms with Crippen molar-refractivity contribution in [1.82, 2.24) is 9.88 Å². The molecule has 1 aliphatic heterocycles. The number of aromatic nitrogens is 1. The smallest absolute Gasteiger partial charge is 0.213 e. The highest BCUT2D eigenvalue weighted by Crippen LogP contribution is 2.17. The van der Waals surface area contributed by atoms with Crippen LogP contribution in [0.5, 0.6) is 5.88 Å². The largest absolute Gasteiger partial charge is 0.476 e. The van der Waals surface area contributed by atoms with Crippen LogP contribution < -0.4 is 10.5 Å². The minimum absolute atomic E-state index is 0.335. The number of pyridine rings is 1. The molecule has 2 N–H and O–H groups in total. The number of rotatable bonds is 5. The van der Waals surface area contributed by atoms with E-state index in [1.165, 1.54) is 32.4 Å². The Bertz CT molecular complexity index is 380. The second kappa shape index (κ2) is 6.92. The monoisotopic (exact) mass is 269 g/mol. The quantitative estimate of drug-likeness (QED) is 0.889. The molecule has 0 radical (unpaired) electrons. The van der Waals surface area contributed by atoms with Crippen LogP contribution in [-0.4, -0.2) is 36.1 Å². The predicted molar refractivity (Wildman–Crippen MR) is 72.9 cm³/mol. The van der Waals surface area contributed by atoms with Gasteiger partial charge in [-0.2, -0.15) is 0 Å². The van der Waals surface area contributed by atoms with Crippen molar-refractivity contribution in [2.75, 3.05) is 26.2 Å². The zero-order chi connectivity index (χ0) is 12.8. The van der Waals surface area contributed by atoms with E-state index < -0.39 is 0 Å². The lowest BCUT2D eigenvalue weighted by molar-refractivity contribution is 0.180. The van der Waals surface area contributed by atoms with E-state index >= 15 is 0 Å². The number of halogens is 1. The molecule has 0 saturated carbocycles. The molecule has 4 nitrogen and oxygen atoms in total. The Hall–Kier alpha value is -0.840. The summed E-state index contributed by atoms with van der Waals surface area (Å²) >= 11 is 5.95. The molecule has 1 saturated heterocycles. The number of piperidine rings is 1. The maximum atomic E-state index is 5.95. The molecule has 2 heterocycles. The molecule has 0 spiro atoms. The summed E-state index contributed by atoms with van der Waals surface area (Å²) in [6.45, 7) is 4.33. The Balaban J connectivity index is 1.79. The molecule has 0 bridgehead atoms. The van der Waals surface area contributed by atoms with Gasteiger partial charge in [-0.25, -0.2) is 4.98 Å². The van der Waals surface area contributed by atoms with E-state index in [1.807, 2.05) is 0 Å². The summed E-state index contributed by atoms with van der Waals surface area (Å²) in [5.41, 5.74) is 6.24. The van der Waals surface area contributed by atoms with Crippen molar-refractivity contribution >= 4 is 11.6 Å². The van der Waals surface area contributed by atoms with Crippen molar-refractivity contribution in [3.8, 4) is 5.88 Å². The summed E-state index contributed by atoms with van der Waals surface area (Å²) in [5.74, 6) is 0.608. The van der Waals surface area contributed by atoms with Gasteiger partial charge in [0.1, 0.15) is 6.61 Å². The van der Waals surface area contributed by atoms with Gasteiger partial charge >= 0.3 is 0 Å². The second-order valence-electron chi connectivity index (χ2n) is 4.53. The lowest BCUT2D eigenvalue weighted by atomic mass is 10.1. The van der Waals surface area contributed by atoms with Crippen LogP contribution in [0.3, 0.4) is 0 Å². The lowest BCUT2D eigenvalue weighted by Crippen LogP contribution is -2.33. The van der Waals surface area contributed by atoms with Gasteiger partial charge in [-0.15, -0.1) is 0 Å². The fourth-order valence-corrected chi connectivity index (χ4v) is 2.33. The molecule has 1 aromatic heterocycles. The van der Waals surface area contributed by atoms with Crippen LogP contribution in [0.15, 0.2) is 12.1 Å². The maximum absolute atomic E-state index is 5.95. The van der Waals surface area contributed by atoms with Crippen molar-refractivity contribution in [3.05, 3.63) is 22.8 Å². The summed E-state index contributed by atoms with van der Waals surface area (Å²) in [6, 6.07) is 3.57. The van der Waals surface area contributed by atoms with Crippen LogP contribution >= 0.6 is 11.6 Å². The first kappa shape index (κ1) is 13.6. The molecule has 0 aromatic carbocycles. The van der Waals surface area contributed by atoms with Crippen LogP contribution in [0.25, 0.3) is 0 Å². The molecule has 5 heteroatoms. The van der Waals surface area contributed by atoms with E-state index in [2.05, 4.69) is 9.88 Å². The molecular weight excluding hydrogens is 250 g/mol. The molecule has 18 heavy (non-hydrogen) atoms. The van der Waals surface area contributed by atoms with Gasteiger partial charge in [0, 0.05) is 19.2 Å². The fraction of sp³-hybridized carbons (Fsp3) is 0.615. The van der Waals surface area contributed by atoms with Crippen LogP contribution in [0, 0.1) is 0 Å². The Morgan fingerprint density at radius 3 is 2.78 bits per heavy atom. The molecule has 100 valence electrons. The minimum atomic E-state index is 0.335. The topological polar surface area (TPSA) is 51.4 Å². The Morgan fingerprint density at radius 2 is 2.06 bits per heavy atom. The zero-order valence-electron chi connectivity index (χ0n) is 10.6. The number of nitrogens with zero attached hydrogens (tertiary/aromatic N) is 2. The molecule has 2 rings (SSSR count). The van der Waals surface area contributed by atoms with E-state index in [-0.39, 0.29) is 0 Å². The number of hydrogen-bond acceptors (Lipinski definition) is 4. The normalized spacial score (nSPS) is 16.8. The van der Waals surface area contributed by atoms with Crippen LogP contribution in [0.1, 0.15) is 25.0 Å². The van der Waals surface area contributed by atoms with Gasteiger partial charge < -0.3 is 10.5 Å². The van der Waals surface area contributed by atoms with Crippen LogP contribution in [0.4, 0.5) is 0 Å². The summed E-state index contributed by atoms with van der Waals surface area (Å²) < 4.78 is 5.64.